The molecule has 0 spiro atoms. The van der Waals surface area contributed by atoms with Gasteiger partial charge in [-0.2, -0.15) is 0 Å². The maximum absolute atomic E-state index is 14.4. The molecule has 0 unspecified atom stereocenters. The van der Waals surface area contributed by atoms with Gasteiger partial charge in [0.15, 0.2) is 5.16 Å². The summed E-state index contributed by atoms with van der Waals surface area (Å²) in [6.07, 6.45) is 1.12. The highest BCUT2D eigenvalue weighted by Gasteiger charge is 2.31. The van der Waals surface area contributed by atoms with Crippen LogP contribution in [0.25, 0.3) is 16.6 Å². The molecule has 2 aromatic carbocycles. The fourth-order valence-electron chi connectivity index (χ4n) is 4.20. The molecular formula is C26H28FN3O4S. The van der Waals surface area contributed by atoms with Crippen LogP contribution < -0.4 is 5.56 Å². The molecule has 0 aliphatic carbocycles. The highest BCUT2D eigenvalue weighted by Crippen LogP contribution is 2.28. The number of carbonyl (C=O) groups excluding carboxylic acids is 2. The smallest absolute Gasteiger partial charge is 0.309 e. The average molecular weight is 498 g/mol. The van der Waals surface area contributed by atoms with Crippen LogP contribution in [-0.4, -0.2) is 51.3 Å². The normalized spacial score (nSPS) is 15.3. The van der Waals surface area contributed by atoms with E-state index in [-0.39, 0.29) is 23.4 Å². The molecule has 0 N–H and O–H groups in total. The first-order valence-electron chi connectivity index (χ1n) is 11.7. The molecule has 1 aromatic heterocycles. The van der Waals surface area contributed by atoms with Crippen molar-refractivity contribution < 1.29 is 18.7 Å². The number of rotatable bonds is 6. The maximum atomic E-state index is 14.4. The Bertz CT molecular complexity index is 1320. The Hall–Kier alpha value is -3.20. The Kier molecular flexibility index (Phi) is 7.54. The van der Waals surface area contributed by atoms with Crippen LogP contribution >= 0.6 is 11.8 Å². The van der Waals surface area contributed by atoms with E-state index >= 15 is 0 Å². The molecule has 35 heavy (non-hydrogen) atoms. The van der Waals surface area contributed by atoms with Crippen molar-refractivity contribution >= 4 is 34.5 Å². The minimum absolute atomic E-state index is 0.0960. The topological polar surface area (TPSA) is 81.5 Å². The van der Waals surface area contributed by atoms with Crippen molar-refractivity contribution in [3.8, 4) is 5.69 Å². The number of carbonyl (C=O) groups is 2. The monoisotopic (exact) mass is 497 g/mol. The Morgan fingerprint density at radius 2 is 1.91 bits per heavy atom. The second kappa shape index (κ2) is 10.6. The van der Waals surface area contributed by atoms with Gasteiger partial charge in [0, 0.05) is 13.1 Å². The SMILES string of the molecule is CCOC(=O)C1CCN(C(=O)[C@H](C)Sc2nc3ccccc3c(=O)n2-c2ccc(C)c(F)c2)CC1. The third-order valence-corrected chi connectivity index (χ3v) is 7.25. The number of para-hydroxylation sites is 1. The zero-order valence-electron chi connectivity index (χ0n) is 20.0. The van der Waals surface area contributed by atoms with Crippen molar-refractivity contribution in [2.45, 2.75) is 44.0 Å². The largest absolute Gasteiger partial charge is 0.466 e. The van der Waals surface area contributed by atoms with E-state index in [1.165, 1.54) is 22.4 Å². The molecule has 1 aliphatic rings. The van der Waals surface area contributed by atoms with Crippen LogP contribution in [0.1, 0.15) is 32.3 Å². The molecule has 2 heterocycles. The van der Waals surface area contributed by atoms with E-state index in [4.69, 9.17) is 4.74 Å². The lowest BCUT2D eigenvalue weighted by Crippen LogP contribution is -2.43. The Morgan fingerprint density at radius 1 is 1.20 bits per heavy atom. The number of fused-ring (bicyclic) bond motifs is 1. The molecule has 7 nitrogen and oxygen atoms in total. The van der Waals surface area contributed by atoms with Gasteiger partial charge >= 0.3 is 5.97 Å². The van der Waals surface area contributed by atoms with Gasteiger partial charge in [0.25, 0.3) is 5.56 Å². The van der Waals surface area contributed by atoms with E-state index < -0.39 is 11.1 Å². The number of esters is 1. The lowest BCUT2D eigenvalue weighted by atomic mass is 9.97. The lowest BCUT2D eigenvalue weighted by molar-refractivity contribution is -0.151. The summed E-state index contributed by atoms with van der Waals surface area (Å²) in [4.78, 5) is 45.0. The highest BCUT2D eigenvalue weighted by molar-refractivity contribution is 8.00. The number of benzene rings is 2. The molecule has 4 rings (SSSR count). The molecule has 184 valence electrons. The van der Waals surface area contributed by atoms with Gasteiger partial charge in [-0.3, -0.25) is 19.0 Å². The number of ether oxygens (including phenoxy) is 1. The molecule has 0 saturated carbocycles. The summed E-state index contributed by atoms with van der Waals surface area (Å²) >= 11 is 1.17. The molecule has 1 amide bonds. The first kappa shape index (κ1) is 24.9. The third-order valence-electron chi connectivity index (χ3n) is 6.22. The number of aryl methyl sites for hydroxylation is 1. The number of halogens is 1. The molecule has 1 fully saturated rings. The maximum Gasteiger partial charge on any atom is 0.309 e. The molecule has 3 aromatic rings. The van der Waals surface area contributed by atoms with Crippen molar-refractivity contribution in [2.75, 3.05) is 19.7 Å². The van der Waals surface area contributed by atoms with Crippen LogP contribution in [0.3, 0.4) is 0 Å². The Labute approximate surface area is 207 Å². The van der Waals surface area contributed by atoms with Crippen LogP contribution in [0.15, 0.2) is 52.4 Å². The zero-order chi connectivity index (χ0) is 25.1. The molecule has 0 bridgehead atoms. The van der Waals surface area contributed by atoms with Crippen molar-refractivity contribution in [3.63, 3.8) is 0 Å². The highest BCUT2D eigenvalue weighted by atomic mass is 32.2. The molecule has 1 saturated heterocycles. The van der Waals surface area contributed by atoms with Crippen molar-refractivity contribution in [3.05, 3.63) is 64.2 Å². The van der Waals surface area contributed by atoms with Crippen LogP contribution in [0, 0.1) is 18.7 Å². The van der Waals surface area contributed by atoms with E-state index in [9.17, 15) is 18.8 Å². The van der Waals surface area contributed by atoms with Gasteiger partial charge in [0.1, 0.15) is 5.82 Å². The summed E-state index contributed by atoms with van der Waals surface area (Å²) in [5.74, 6) is -0.920. The Balaban J connectivity index is 1.61. The number of aromatic nitrogens is 2. The number of hydrogen-bond acceptors (Lipinski definition) is 6. The third kappa shape index (κ3) is 5.24. The van der Waals surface area contributed by atoms with Gasteiger partial charge in [-0.1, -0.05) is 30.0 Å². The second-order valence-electron chi connectivity index (χ2n) is 8.60. The quantitative estimate of drug-likeness (QED) is 0.290. The Morgan fingerprint density at radius 3 is 2.60 bits per heavy atom. The van der Waals surface area contributed by atoms with Gasteiger partial charge in [-0.15, -0.1) is 0 Å². The van der Waals surface area contributed by atoms with Crippen LogP contribution in [0.4, 0.5) is 4.39 Å². The van der Waals surface area contributed by atoms with Crippen LogP contribution in [0.2, 0.25) is 0 Å². The van der Waals surface area contributed by atoms with E-state index in [1.54, 1.807) is 62.1 Å². The number of nitrogens with zero attached hydrogens (tertiary/aromatic N) is 3. The van der Waals surface area contributed by atoms with Gasteiger partial charge in [0.05, 0.1) is 34.4 Å². The van der Waals surface area contributed by atoms with E-state index in [0.29, 0.717) is 59.8 Å². The molecular weight excluding hydrogens is 469 g/mol. The van der Waals surface area contributed by atoms with Crippen molar-refractivity contribution in [1.82, 2.24) is 14.5 Å². The number of thioether (sulfide) groups is 1. The predicted molar refractivity (Wildman–Crippen MR) is 133 cm³/mol. The molecule has 0 radical (unpaired) electrons. The summed E-state index contributed by atoms with van der Waals surface area (Å²) in [6.45, 7) is 6.48. The lowest BCUT2D eigenvalue weighted by Gasteiger charge is -2.32. The van der Waals surface area contributed by atoms with E-state index in [2.05, 4.69) is 4.98 Å². The van der Waals surface area contributed by atoms with Crippen molar-refractivity contribution in [2.24, 2.45) is 5.92 Å². The van der Waals surface area contributed by atoms with Gasteiger partial charge in [0.2, 0.25) is 5.91 Å². The van der Waals surface area contributed by atoms with Gasteiger partial charge in [-0.05, 0) is 63.4 Å². The molecule has 1 aliphatic heterocycles. The number of piperidine rings is 1. The number of hydrogen-bond donors (Lipinski definition) is 0. The fourth-order valence-corrected chi connectivity index (χ4v) is 5.21. The summed E-state index contributed by atoms with van der Waals surface area (Å²) < 4.78 is 20.9. The summed E-state index contributed by atoms with van der Waals surface area (Å²) in [5.41, 5.74) is 1.02. The molecule has 1 atom stereocenters. The average Bonchev–Trinajstić information content (AvgIpc) is 2.86. The summed E-state index contributed by atoms with van der Waals surface area (Å²) in [5, 5.41) is 0.195. The van der Waals surface area contributed by atoms with E-state index in [1.807, 2.05) is 0 Å². The summed E-state index contributed by atoms with van der Waals surface area (Å²) in [6, 6.07) is 11.6. The zero-order valence-corrected chi connectivity index (χ0v) is 20.8. The van der Waals surface area contributed by atoms with Gasteiger partial charge < -0.3 is 9.64 Å². The first-order valence-corrected chi connectivity index (χ1v) is 12.6. The molecule has 9 heteroatoms. The van der Waals surface area contributed by atoms with Crippen molar-refractivity contribution in [1.29, 1.82) is 0 Å². The first-order chi connectivity index (χ1) is 16.8. The minimum atomic E-state index is -0.538. The summed E-state index contributed by atoms with van der Waals surface area (Å²) in [7, 11) is 0. The van der Waals surface area contributed by atoms with Crippen LogP contribution in [-0.2, 0) is 14.3 Å². The van der Waals surface area contributed by atoms with Gasteiger partial charge in [-0.25, -0.2) is 9.37 Å². The fraction of sp³-hybridized carbons (Fsp3) is 0.385. The van der Waals surface area contributed by atoms with Crippen LogP contribution in [0.5, 0.6) is 0 Å². The second-order valence-corrected chi connectivity index (χ2v) is 9.91. The minimum Gasteiger partial charge on any atom is -0.466 e. The predicted octanol–water partition coefficient (Wildman–Crippen LogP) is 4.12. The number of amides is 1. The number of likely N-dealkylation sites (tertiary alicyclic amines) is 1. The van der Waals surface area contributed by atoms with E-state index in [0.717, 1.165) is 0 Å². The standard InChI is InChI=1S/C26H28FN3O4S/c1-4-34-25(33)18-11-13-29(14-12-18)23(31)17(3)35-26-28-22-8-6-5-7-20(22)24(32)30(26)19-10-9-16(2)21(27)15-19/h5-10,15,17-18H,4,11-14H2,1-3H3/t17-/m0/s1.